The minimum Gasteiger partial charge on any atom is -0.493 e. The van der Waals surface area contributed by atoms with Crippen LogP contribution in [0.3, 0.4) is 0 Å². The van der Waals surface area contributed by atoms with E-state index in [1.165, 1.54) is 0 Å². The second kappa shape index (κ2) is 8.23. The van der Waals surface area contributed by atoms with Gasteiger partial charge in [-0.1, -0.05) is 11.2 Å². The summed E-state index contributed by atoms with van der Waals surface area (Å²) in [6.45, 7) is 5.14. The van der Waals surface area contributed by atoms with Crippen LogP contribution in [-0.4, -0.2) is 37.5 Å². The standard InChI is InChI=1S/C19H24N2O5/c1-12-18(13(2)26-21-12)19(22)20-10-14-6-7-16(17(9-14)23-3)25-11-15-5-4-8-24-15/h6-7,9,15H,4-5,8,10-11H2,1-3H3,(H,20,22). The Morgan fingerprint density at radius 3 is 2.85 bits per heavy atom. The van der Waals surface area contributed by atoms with Crippen LogP contribution in [0.25, 0.3) is 0 Å². The van der Waals surface area contributed by atoms with Gasteiger partial charge in [0.2, 0.25) is 0 Å². The van der Waals surface area contributed by atoms with Gasteiger partial charge in [-0.15, -0.1) is 0 Å². The molecule has 0 spiro atoms. The van der Waals surface area contributed by atoms with Gasteiger partial charge in [-0.05, 0) is 44.4 Å². The number of hydrogen-bond donors (Lipinski definition) is 1. The third kappa shape index (κ3) is 4.16. The van der Waals surface area contributed by atoms with Gasteiger partial charge in [0.25, 0.3) is 5.91 Å². The van der Waals surface area contributed by atoms with Crippen molar-refractivity contribution in [1.29, 1.82) is 0 Å². The average Bonchev–Trinajstić information content (AvgIpc) is 3.28. The Hall–Kier alpha value is -2.54. The summed E-state index contributed by atoms with van der Waals surface area (Å²) >= 11 is 0. The zero-order valence-corrected chi connectivity index (χ0v) is 15.3. The van der Waals surface area contributed by atoms with Crippen molar-refractivity contribution in [3.05, 3.63) is 40.8 Å². The SMILES string of the molecule is COc1cc(CNC(=O)c2c(C)noc2C)ccc1OCC1CCCO1. The third-order valence-corrected chi connectivity index (χ3v) is 4.39. The van der Waals surface area contributed by atoms with Crippen LogP contribution in [0.1, 0.15) is 40.2 Å². The first-order valence-corrected chi connectivity index (χ1v) is 8.71. The zero-order chi connectivity index (χ0) is 18.5. The van der Waals surface area contributed by atoms with Gasteiger partial charge in [0.05, 0.1) is 18.9 Å². The van der Waals surface area contributed by atoms with Gasteiger partial charge in [-0.25, -0.2) is 0 Å². The molecule has 7 nitrogen and oxygen atoms in total. The van der Waals surface area contributed by atoms with E-state index in [0.29, 0.717) is 41.7 Å². The predicted octanol–water partition coefficient (Wildman–Crippen LogP) is 2.79. The number of hydrogen-bond acceptors (Lipinski definition) is 6. The van der Waals surface area contributed by atoms with Crippen molar-refractivity contribution in [3.63, 3.8) is 0 Å². The van der Waals surface area contributed by atoms with Crippen molar-refractivity contribution in [2.45, 2.75) is 39.3 Å². The fourth-order valence-electron chi connectivity index (χ4n) is 2.98. The number of rotatable bonds is 7. The molecule has 0 aliphatic carbocycles. The average molecular weight is 360 g/mol. The fraction of sp³-hybridized carbons (Fsp3) is 0.474. The van der Waals surface area contributed by atoms with Crippen molar-refractivity contribution in [2.24, 2.45) is 0 Å². The molecule has 0 bridgehead atoms. The highest BCUT2D eigenvalue weighted by Crippen LogP contribution is 2.29. The second-order valence-corrected chi connectivity index (χ2v) is 6.31. The highest BCUT2D eigenvalue weighted by Gasteiger charge is 2.18. The van der Waals surface area contributed by atoms with Gasteiger partial charge in [0.1, 0.15) is 17.9 Å². The highest BCUT2D eigenvalue weighted by atomic mass is 16.5. The quantitative estimate of drug-likeness (QED) is 0.817. The minimum atomic E-state index is -0.209. The Labute approximate surface area is 152 Å². The van der Waals surface area contributed by atoms with Crippen LogP contribution < -0.4 is 14.8 Å². The van der Waals surface area contributed by atoms with Crippen molar-refractivity contribution in [3.8, 4) is 11.5 Å². The smallest absolute Gasteiger partial charge is 0.257 e. The molecule has 140 valence electrons. The topological polar surface area (TPSA) is 82.8 Å². The van der Waals surface area contributed by atoms with Crippen LogP contribution in [0.5, 0.6) is 11.5 Å². The fourth-order valence-corrected chi connectivity index (χ4v) is 2.98. The normalized spacial score (nSPS) is 16.5. The lowest BCUT2D eigenvalue weighted by molar-refractivity contribution is 0.0669. The number of carbonyl (C=O) groups excluding carboxylic acids is 1. The van der Waals surface area contributed by atoms with Crippen LogP contribution in [0.2, 0.25) is 0 Å². The summed E-state index contributed by atoms with van der Waals surface area (Å²) in [5.41, 5.74) is 1.97. The predicted molar refractivity (Wildman–Crippen MR) is 94.6 cm³/mol. The molecule has 1 N–H and O–H groups in total. The number of aryl methyl sites for hydroxylation is 2. The van der Waals surface area contributed by atoms with Gasteiger partial charge in [-0.3, -0.25) is 4.79 Å². The van der Waals surface area contributed by atoms with Gasteiger partial charge in [-0.2, -0.15) is 0 Å². The van der Waals surface area contributed by atoms with Crippen molar-refractivity contribution >= 4 is 5.91 Å². The van der Waals surface area contributed by atoms with Crippen LogP contribution >= 0.6 is 0 Å². The lowest BCUT2D eigenvalue weighted by Gasteiger charge is -2.15. The number of benzene rings is 1. The summed E-state index contributed by atoms with van der Waals surface area (Å²) in [5.74, 6) is 1.60. The Morgan fingerprint density at radius 1 is 1.35 bits per heavy atom. The molecule has 26 heavy (non-hydrogen) atoms. The number of aromatic nitrogens is 1. The Bertz CT molecular complexity index is 746. The summed E-state index contributed by atoms with van der Waals surface area (Å²) in [6.07, 6.45) is 2.25. The molecule has 1 aromatic heterocycles. The number of nitrogens with zero attached hydrogens (tertiary/aromatic N) is 1. The van der Waals surface area contributed by atoms with Gasteiger partial charge >= 0.3 is 0 Å². The number of nitrogens with one attached hydrogen (secondary N) is 1. The lowest BCUT2D eigenvalue weighted by atomic mass is 10.1. The number of amides is 1. The third-order valence-electron chi connectivity index (χ3n) is 4.39. The molecule has 1 saturated heterocycles. The molecule has 3 rings (SSSR count). The van der Waals surface area contributed by atoms with Crippen molar-refractivity contribution in [2.75, 3.05) is 20.3 Å². The Balaban J connectivity index is 1.60. The summed E-state index contributed by atoms with van der Waals surface area (Å²) in [7, 11) is 1.60. The summed E-state index contributed by atoms with van der Waals surface area (Å²) in [6, 6.07) is 5.62. The molecule has 1 aliphatic heterocycles. The molecular weight excluding hydrogens is 336 g/mol. The van der Waals surface area contributed by atoms with E-state index in [1.807, 2.05) is 18.2 Å². The van der Waals surface area contributed by atoms with Crippen LogP contribution in [0.15, 0.2) is 22.7 Å². The maximum atomic E-state index is 12.3. The van der Waals surface area contributed by atoms with E-state index < -0.39 is 0 Å². The lowest BCUT2D eigenvalue weighted by Crippen LogP contribution is -2.23. The Morgan fingerprint density at radius 2 is 2.19 bits per heavy atom. The molecule has 2 aromatic rings. The molecule has 1 amide bonds. The molecule has 1 aromatic carbocycles. The van der Waals surface area contributed by atoms with Crippen LogP contribution in [0.4, 0.5) is 0 Å². The van der Waals surface area contributed by atoms with Crippen LogP contribution in [0, 0.1) is 13.8 Å². The molecule has 1 aliphatic rings. The number of ether oxygens (including phenoxy) is 3. The van der Waals surface area contributed by atoms with E-state index in [4.69, 9.17) is 18.7 Å². The van der Waals surface area contributed by atoms with E-state index in [9.17, 15) is 4.79 Å². The Kier molecular flexibility index (Phi) is 5.78. The van der Waals surface area contributed by atoms with Gasteiger partial charge < -0.3 is 24.1 Å². The minimum absolute atomic E-state index is 0.147. The molecule has 1 fully saturated rings. The van der Waals surface area contributed by atoms with Crippen molar-refractivity contribution in [1.82, 2.24) is 10.5 Å². The van der Waals surface area contributed by atoms with E-state index >= 15 is 0 Å². The molecule has 2 heterocycles. The molecule has 1 unspecified atom stereocenters. The molecule has 0 saturated carbocycles. The second-order valence-electron chi connectivity index (χ2n) is 6.31. The first-order chi connectivity index (χ1) is 12.6. The number of methoxy groups -OCH3 is 1. The molecular formula is C19H24N2O5. The van der Waals surface area contributed by atoms with E-state index in [-0.39, 0.29) is 12.0 Å². The van der Waals surface area contributed by atoms with Crippen molar-refractivity contribution < 1.29 is 23.5 Å². The van der Waals surface area contributed by atoms with Crippen LogP contribution in [-0.2, 0) is 11.3 Å². The number of carbonyl (C=O) groups is 1. The van der Waals surface area contributed by atoms with Gasteiger partial charge in [0.15, 0.2) is 11.5 Å². The first-order valence-electron chi connectivity index (χ1n) is 8.71. The van der Waals surface area contributed by atoms with E-state index in [1.54, 1.807) is 21.0 Å². The maximum Gasteiger partial charge on any atom is 0.257 e. The zero-order valence-electron chi connectivity index (χ0n) is 15.3. The van der Waals surface area contributed by atoms with E-state index in [0.717, 1.165) is 25.0 Å². The molecule has 1 atom stereocenters. The molecule has 0 radical (unpaired) electrons. The summed E-state index contributed by atoms with van der Waals surface area (Å²) in [4.78, 5) is 12.3. The highest BCUT2D eigenvalue weighted by molar-refractivity contribution is 5.96. The van der Waals surface area contributed by atoms with E-state index in [2.05, 4.69) is 10.5 Å². The summed E-state index contributed by atoms with van der Waals surface area (Å²) in [5, 5.41) is 6.68. The first kappa shape index (κ1) is 18.3. The largest absolute Gasteiger partial charge is 0.493 e. The molecule has 7 heteroatoms. The maximum absolute atomic E-state index is 12.3. The summed E-state index contributed by atoms with van der Waals surface area (Å²) < 4.78 is 21.8. The monoisotopic (exact) mass is 360 g/mol. The van der Waals surface area contributed by atoms with Gasteiger partial charge in [0, 0.05) is 13.2 Å².